The first kappa shape index (κ1) is 14.3. The third-order valence-corrected chi connectivity index (χ3v) is 2.53. The predicted molar refractivity (Wildman–Crippen MR) is 61.7 cm³/mol. The van der Waals surface area contributed by atoms with Crippen LogP contribution in [0.25, 0.3) is 0 Å². The summed E-state index contributed by atoms with van der Waals surface area (Å²) < 4.78 is 9.70. The van der Waals surface area contributed by atoms with Crippen molar-refractivity contribution in [1.29, 1.82) is 0 Å². The van der Waals surface area contributed by atoms with Crippen LogP contribution in [0.5, 0.6) is 0 Å². The maximum Gasteiger partial charge on any atom is 0.429 e. The molecule has 18 heavy (non-hydrogen) atoms. The summed E-state index contributed by atoms with van der Waals surface area (Å²) in [7, 11) is 0. The summed E-state index contributed by atoms with van der Waals surface area (Å²) in [6, 6.07) is -0.679. The minimum atomic E-state index is -0.706. The van der Waals surface area contributed by atoms with Gasteiger partial charge >= 0.3 is 12.2 Å². The lowest BCUT2D eigenvalue weighted by Crippen LogP contribution is -2.58. The van der Waals surface area contributed by atoms with Gasteiger partial charge in [-0.05, 0) is 26.7 Å². The fourth-order valence-corrected chi connectivity index (χ4v) is 1.79. The van der Waals surface area contributed by atoms with E-state index in [4.69, 9.17) is 9.47 Å². The van der Waals surface area contributed by atoms with E-state index in [-0.39, 0.29) is 13.2 Å². The molecular formula is C11H18N2O5. The third-order valence-electron chi connectivity index (χ3n) is 2.53. The van der Waals surface area contributed by atoms with Crippen LogP contribution in [0.4, 0.5) is 9.59 Å². The summed E-state index contributed by atoms with van der Waals surface area (Å²) in [5, 5.41) is 2.17. The average molecular weight is 258 g/mol. The molecular weight excluding hydrogens is 240 g/mol. The van der Waals surface area contributed by atoms with Crippen molar-refractivity contribution in [2.45, 2.75) is 32.7 Å². The van der Waals surface area contributed by atoms with Gasteiger partial charge in [0.25, 0.3) is 0 Å². The summed E-state index contributed by atoms with van der Waals surface area (Å²) >= 11 is 0. The molecule has 0 unspecified atom stereocenters. The largest absolute Gasteiger partial charge is 0.448 e. The van der Waals surface area contributed by atoms with Crippen LogP contribution in [-0.2, 0) is 14.3 Å². The maximum atomic E-state index is 11.8. The van der Waals surface area contributed by atoms with E-state index in [0.717, 1.165) is 10.0 Å². The van der Waals surface area contributed by atoms with Crippen molar-refractivity contribution < 1.29 is 23.9 Å². The number of nitrogens with zero attached hydrogens (tertiary/aromatic N) is 2. The smallest absolute Gasteiger partial charge is 0.429 e. The fourth-order valence-electron chi connectivity index (χ4n) is 1.79. The lowest BCUT2D eigenvalue weighted by molar-refractivity contribution is -0.122. The Bertz CT molecular complexity index is 321. The van der Waals surface area contributed by atoms with E-state index in [9.17, 15) is 14.4 Å². The standard InChI is InChI=1S/C11H18N2O5/c1-3-17-10(15)12-7-5-6-9(8-14)13(12)11(16)18-4-2/h8-9H,3-7H2,1-2H3/t9-/m1/s1. The molecule has 1 saturated heterocycles. The third kappa shape index (κ3) is 3.12. The molecule has 102 valence electrons. The summed E-state index contributed by atoms with van der Waals surface area (Å²) in [6.45, 7) is 4.05. The average Bonchev–Trinajstić information content (AvgIpc) is 2.38. The van der Waals surface area contributed by atoms with Crippen molar-refractivity contribution in [3.05, 3.63) is 0 Å². The molecule has 7 heteroatoms. The van der Waals surface area contributed by atoms with E-state index in [1.807, 2.05) is 0 Å². The molecule has 0 saturated carbocycles. The molecule has 0 bridgehead atoms. The first-order valence-electron chi connectivity index (χ1n) is 6.01. The first-order chi connectivity index (χ1) is 8.65. The van der Waals surface area contributed by atoms with Crippen LogP contribution in [-0.4, -0.2) is 54.3 Å². The highest BCUT2D eigenvalue weighted by atomic mass is 16.6. The summed E-state index contributed by atoms with van der Waals surface area (Å²) in [5.41, 5.74) is 0. The van der Waals surface area contributed by atoms with Crippen molar-refractivity contribution >= 4 is 18.5 Å². The maximum absolute atomic E-state index is 11.8. The Morgan fingerprint density at radius 1 is 1.22 bits per heavy atom. The van der Waals surface area contributed by atoms with Gasteiger partial charge in [0.05, 0.1) is 13.2 Å². The van der Waals surface area contributed by atoms with Crippen molar-refractivity contribution in [1.82, 2.24) is 10.0 Å². The zero-order chi connectivity index (χ0) is 13.5. The van der Waals surface area contributed by atoms with Crippen LogP contribution in [0, 0.1) is 0 Å². The fraction of sp³-hybridized carbons (Fsp3) is 0.727. The predicted octanol–water partition coefficient (Wildman–Crippen LogP) is 1.18. The molecule has 0 spiro atoms. The molecule has 0 N–H and O–H groups in total. The monoisotopic (exact) mass is 258 g/mol. The molecule has 1 rings (SSSR count). The molecule has 0 aromatic rings. The second-order valence-corrected chi connectivity index (χ2v) is 3.71. The zero-order valence-corrected chi connectivity index (χ0v) is 10.6. The molecule has 0 aromatic carbocycles. The van der Waals surface area contributed by atoms with Gasteiger partial charge in [0.15, 0.2) is 0 Å². The molecule has 1 fully saturated rings. The number of amides is 2. The van der Waals surface area contributed by atoms with E-state index in [2.05, 4.69) is 0 Å². The van der Waals surface area contributed by atoms with Crippen molar-refractivity contribution in [2.24, 2.45) is 0 Å². The van der Waals surface area contributed by atoms with E-state index in [1.54, 1.807) is 13.8 Å². The molecule has 2 amide bonds. The zero-order valence-electron chi connectivity index (χ0n) is 10.6. The minimum absolute atomic E-state index is 0.178. The highest BCUT2D eigenvalue weighted by Crippen LogP contribution is 2.19. The van der Waals surface area contributed by atoms with E-state index in [1.165, 1.54) is 0 Å². The van der Waals surface area contributed by atoms with Gasteiger partial charge in [0.1, 0.15) is 12.3 Å². The summed E-state index contributed by atoms with van der Waals surface area (Å²) in [6.07, 6.45) is 0.443. The van der Waals surface area contributed by atoms with Gasteiger partial charge in [-0.3, -0.25) is 0 Å². The number of hydrogen-bond donors (Lipinski definition) is 0. The van der Waals surface area contributed by atoms with Gasteiger partial charge in [0, 0.05) is 6.54 Å². The number of rotatable bonds is 3. The van der Waals surface area contributed by atoms with Gasteiger partial charge in [-0.2, -0.15) is 0 Å². The number of aldehydes is 1. The minimum Gasteiger partial charge on any atom is -0.448 e. The Morgan fingerprint density at radius 2 is 1.83 bits per heavy atom. The lowest BCUT2D eigenvalue weighted by atomic mass is 10.1. The van der Waals surface area contributed by atoms with Crippen LogP contribution >= 0.6 is 0 Å². The molecule has 0 radical (unpaired) electrons. The van der Waals surface area contributed by atoms with E-state index in [0.29, 0.717) is 25.7 Å². The highest BCUT2D eigenvalue weighted by molar-refractivity contribution is 5.78. The van der Waals surface area contributed by atoms with Crippen LogP contribution in [0.15, 0.2) is 0 Å². The second-order valence-electron chi connectivity index (χ2n) is 3.71. The van der Waals surface area contributed by atoms with Crippen molar-refractivity contribution in [3.8, 4) is 0 Å². The number of hydrogen-bond acceptors (Lipinski definition) is 5. The number of hydrazine groups is 1. The first-order valence-corrected chi connectivity index (χ1v) is 6.01. The van der Waals surface area contributed by atoms with Crippen molar-refractivity contribution in [2.75, 3.05) is 19.8 Å². The highest BCUT2D eigenvalue weighted by Gasteiger charge is 2.37. The Labute approximate surface area is 106 Å². The van der Waals surface area contributed by atoms with Gasteiger partial charge in [-0.1, -0.05) is 0 Å². The topological polar surface area (TPSA) is 76.2 Å². The quantitative estimate of drug-likeness (QED) is 0.710. The number of carbonyl (C=O) groups excluding carboxylic acids is 3. The summed E-state index contributed by atoms with van der Waals surface area (Å²) in [5.74, 6) is 0. The van der Waals surface area contributed by atoms with Crippen LogP contribution < -0.4 is 0 Å². The number of ether oxygens (including phenoxy) is 2. The summed E-state index contributed by atoms with van der Waals surface area (Å²) in [4.78, 5) is 34.5. The lowest BCUT2D eigenvalue weighted by Gasteiger charge is -2.39. The number of carbonyl (C=O) groups is 3. The molecule has 1 aliphatic rings. The SMILES string of the molecule is CCOC(=O)N1CCC[C@H](C=O)N1C(=O)OCC. The van der Waals surface area contributed by atoms with Crippen molar-refractivity contribution in [3.63, 3.8) is 0 Å². The molecule has 0 aromatic heterocycles. The van der Waals surface area contributed by atoms with Crippen LogP contribution in [0.2, 0.25) is 0 Å². The Morgan fingerprint density at radius 3 is 2.39 bits per heavy atom. The second kappa shape index (κ2) is 6.83. The van der Waals surface area contributed by atoms with Gasteiger partial charge < -0.3 is 14.3 Å². The Balaban J connectivity index is 2.86. The van der Waals surface area contributed by atoms with Crippen LogP contribution in [0.1, 0.15) is 26.7 Å². The van der Waals surface area contributed by atoms with E-state index < -0.39 is 18.2 Å². The molecule has 1 aliphatic heterocycles. The molecule has 0 aliphatic carbocycles. The Hall–Kier alpha value is -1.79. The molecule has 1 heterocycles. The van der Waals surface area contributed by atoms with Gasteiger partial charge in [-0.25, -0.2) is 19.6 Å². The van der Waals surface area contributed by atoms with Gasteiger partial charge in [-0.15, -0.1) is 0 Å². The molecule has 1 atom stereocenters. The normalized spacial score (nSPS) is 19.3. The molecule has 7 nitrogen and oxygen atoms in total. The van der Waals surface area contributed by atoms with E-state index >= 15 is 0 Å². The Kier molecular flexibility index (Phi) is 5.41. The van der Waals surface area contributed by atoms with Crippen LogP contribution in [0.3, 0.4) is 0 Å². The van der Waals surface area contributed by atoms with Gasteiger partial charge in [0.2, 0.25) is 0 Å².